The molecule has 0 aliphatic heterocycles. The van der Waals surface area contributed by atoms with Crippen LogP contribution in [0.2, 0.25) is 0 Å². The van der Waals surface area contributed by atoms with E-state index in [0.29, 0.717) is 0 Å². The summed E-state index contributed by atoms with van der Waals surface area (Å²) in [7, 11) is 2.02. The molecule has 0 spiro atoms. The minimum absolute atomic E-state index is 0.936. The van der Waals surface area contributed by atoms with Crippen molar-refractivity contribution in [1.29, 1.82) is 0 Å². The van der Waals surface area contributed by atoms with Crippen molar-refractivity contribution in [1.82, 2.24) is 14.5 Å². The van der Waals surface area contributed by atoms with Gasteiger partial charge in [0, 0.05) is 18.6 Å². The Kier molecular flexibility index (Phi) is 1.82. The highest BCUT2D eigenvalue weighted by Gasteiger charge is 2.10. The first-order valence-corrected chi connectivity index (χ1v) is 5.55. The average molecular weight is 215 g/mol. The summed E-state index contributed by atoms with van der Waals surface area (Å²) in [6.45, 7) is 0. The van der Waals surface area contributed by atoms with E-state index in [2.05, 4.69) is 20.6 Å². The molecule has 2 heterocycles. The minimum atomic E-state index is 0.936. The summed E-state index contributed by atoms with van der Waals surface area (Å²) in [5.41, 5.74) is 2.16. The summed E-state index contributed by atoms with van der Waals surface area (Å²) >= 11 is 1.61. The third kappa shape index (κ3) is 1.26. The van der Waals surface area contributed by atoms with E-state index in [-0.39, 0.29) is 0 Å². The van der Waals surface area contributed by atoms with E-state index >= 15 is 0 Å². The van der Waals surface area contributed by atoms with Gasteiger partial charge in [-0.25, -0.2) is 9.97 Å². The lowest BCUT2D eigenvalue weighted by Crippen LogP contribution is -1.91. The average Bonchev–Trinajstić information content (AvgIpc) is 2.87. The summed E-state index contributed by atoms with van der Waals surface area (Å²) in [5.74, 6) is 0.936. The number of rotatable bonds is 1. The number of imidazole rings is 1. The maximum absolute atomic E-state index is 4.57. The Balaban J connectivity index is 2.33. The second-order valence-corrected chi connectivity index (χ2v) is 4.21. The molecule has 0 fully saturated rings. The van der Waals surface area contributed by atoms with E-state index in [0.717, 1.165) is 21.9 Å². The topological polar surface area (TPSA) is 30.7 Å². The van der Waals surface area contributed by atoms with Crippen molar-refractivity contribution >= 4 is 22.4 Å². The standard InChI is InChI=1S/C11H9N3S/c1-14-9-5-3-2-4-8(9)13-10(14)11-12-6-7-15-11/h2-7H,1H3. The third-order valence-corrected chi connectivity index (χ3v) is 3.18. The smallest absolute Gasteiger partial charge is 0.170 e. The van der Waals surface area contributed by atoms with Crippen LogP contribution >= 0.6 is 11.3 Å². The highest BCUT2D eigenvalue weighted by atomic mass is 32.1. The van der Waals surface area contributed by atoms with Crippen LogP contribution in [-0.2, 0) is 7.05 Å². The van der Waals surface area contributed by atoms with Gasteiger partial charge in [0.05, 0.1) is 11.0 Å². The molecular weight excluding hydrogens is 206 g/mol. The van der Waals surface area contributed by atoms with Crippen LogP contribution in [0.5, 0.6) is 0 Å². The van der Waals surface area contributed by atoms with Crippen LogP contribution in [0.3, 0.4) is 0 Å². The molecule has 0 saturated carbocycles. The lowest BCUT2D eigenvalue weighted by molar-refractivity contribution is 0.956. The van der Waals surface area contributed by atoms with Crippen LogP contribution in [0, 0.1) is 0 Å². The van der Waals surface area contributed by atoms with E-state index in [1.54, 1.807) is 17.5 Å². The molecule has 1 aromatic carbocycles. The van der Waals surface area contributed by atoms with E-state index in [9.17, 15) is 0 Å². The van der Waals surface area contributed by atoms with Crippen molar-refractivity contribution in [2.75, 3.05) is 0 Å². The largest absolute Gasteiger partial charge is 0.325 e. The molecule has 0 saturated heterocycles. The van der Waals surface area contributed by atoms with E-state index in [4.69, 9.17) is 0 Å². The zero-order chi connectivity index (χ0) is 10.3. The number of aryl methyl sites for hydroxylation is 1. The number of para-hydroxylation sites is 2. The molecule has 0 radical (unpaired) electrons. The Morgan fingerprint density at radius 2 is 2.13 bits per heavy atom. The van der Waals surface area contributed by atoms with Crippen molar-refractivity contribution in [2.45, 2.75) is 0 Å². The van der Waals surface area contributed by atoms with Crippen molar-refractivity contribution in [3.8, 4) is 10.8 Å². The monoisotopic (exact) mass is 215 g/mol. The molecule has 0 aliphatic carbocycles. The molecule has 3 rings (SSSR count). The second kappa shape index (κ2) is 3.17. The van der Waals surface area contributed by atoms with Gasteiger partial charge in [-0.2, -0.15) is 0 Å². The van der Waals surface area contributed by atoms with Gasteiger partial charge in [0.15, 0.2) is 10.8 Å². The third-order valence-electron chi connectivity index (χ3n) is 2.41. The van der Waals surface area contributed by atoms with E-state index in [1.165, 1.54) is 0 Å². The van der Waals surface area contributed by atoms with Gasteiger partial charge in [-0.05, 0) is 12.1 Å². The van der Waals surface area contributed by atoms with Crippen LogP contribution in [0.25, 0.3) is 21.9 Å². The normalized spacial score (nSPS) is 11.0. The first kappa shape index (κ1) is 8.61. The molecule has 74 valence electrons. The maximum atomic E-state index is 4.57. The summed E-state index contributed by atoms with van der Waals surface area (Å²) in [6.07, 6.45) is 1.80. The molecule has 4 heteroatoms. The Bertz CT molecular complexity index is 595. The first-order chi connectivity index (χ1) is 7.36. The zero-order valence-corrected chi connectivity index (χ0v) is 9.03. The number of aromatic nitrogens is 3. The van der Waals surface area contributed by atoms with E-state index < -0.39 is 0 Å². The van der Waals surface area contributed by atoms with Crippen LogP contribution in [-0.4, -0.2) is 14.5 Å². The molecule has 3 nitrogen and oxygen atoms in total. The fourth-order valence-electron chi connectivity index (χ4n) is 1.67. The number of hydrogen-bond donors (Lipinski definition) is 0. The first-order valence-electron chi connectivity index (χ1n) is 4.67. The molecule has 0 atom stereocenters. The van der Waals surface area contributed by atoms with Gasteiger partial charge in [0.1, 0.15) is 0 Å². The van der Waals surface area contributed by atoms with Crippen molar-refractivity contribution in [2.24, 2.45) is 7.05 Å². The number of fused-ring (bicyclic) bond motifs is 1. The predicted octanol–water partition coefficient (Wildman–Crippen LogP) is 2.70. The van der Waals surface area contributed by atoms with Crippen molar-refractivity contribution < 1.29 is 0 Å². The Morgan fingerprint density at radius 3 is 2.87 bits per heavy atom. The summed E-state index contributed by atoms with van der Waals surface area (Å²) < 4.78 is 2.08. The van der Waals surface area contributed by atoms with Crippen molar-refractivity contribution in [3.05, 3.63) is 35.8 Å². The van der Waals surface area contributed by atoms with Crippen molar-refractivity contribution in [3.63, 3.8) is 0 Å². The Hall–Kier alpha value is -1.68. The lowest BCUT2D eigenvalue weighted by atomic mass is 10.3. The Morgan fingerprint density at radius 1 is 1.27 bits per heavy atom. The zero-order valence-electron chi connectivity index (χ0n) is 8.21. The lowest BCUT2D eigenvalue weighted by Gasteiger charge is -1.97. The molecule has 0 unspecified atom stereocenters. The molecule has 3 aromatic rings. The maximum Gasteiger partial charge on any atom is 0.170 e. The van der Waals surface area contributed by atoms with Gasteiger partial charge in [0.25, 0.3) is 0 Å². The highest BCUT2D eigenvalue weighted by Crippen LogP contribution is 2.24. The molecule has 0 bridgehead atoms. The number of nitrogens with zero attached hydrogens (tertiary/aromatic N) is 3. The molecule has 2 aromatic heterocycles. The van der Waals surface area contributed by atoms with Gasteiger partial charge in [0.2, 0.25) is 0 Å². The molecule has 0 N–H and O–H groups in total. The van der Waals surface area contributed by atoms with Gasteiger partial charge in [-0.3, -0.25) is 0 Å². The second-order valence-electron chi connectivity index (χ2n) is 3.32. The summed E-state index contributed by atoms with van der Waals surface area (Å²) in [5, 5.41) is 2.93. The van der Waals surface area contributed by atoms with Crippen LogP contribution in [0.15, 0.2) is 35.8 Å². The SMILES string of the molecule is Cn1c(-c2nccs2)nc2ccccc21. The van der Waals surface area contributed by atoms with Crippen LogP contribution in [0.4, 0.5) is 0 Å². The summed E-state index contributed by atoms with van der Waals surface area (Å²) in [4.78, 5) is 8.84. The number of thiazole rings is 1. The number of hydrogen-bond acceptors (Lipinski definition) is 3. The molecule has 15 heavy (non-hydrogen) atoms. The molecular formula is C11H9N3S. The predicted molar refractivity (Wildman–Crippen MR) is 61.8 cm³/mol. The summed E-state index contributed by atoms with van der Waals surface area (Å²) in [6, 6.07) is 8.11. The fourth-order valence-corrected chi connectivity index (χ4v) is 2.33. The quantitative estimate of drug-likeness (QED) is 0.625. The molecule has 0 amide bonds. The van der Waals surface area contributed by atoms with E-state index in [1.807, 2.05) is 30.6 Å². The van der Waals surface area contributed by atoms with Crippen LogP contribution in [0.1, 0.15) is 0 Å². The van der Waals surface area contributed by atoms with Gasteiger partial charge in [-0.1, -0.05) is 12.1 Å². The number of benzene rings is 1. The minimum Gasteiger partial charge on any atom is -0.325 e. The highest BCUT2D eigenvalue weighted by molar-refractivity contribution is 7.13. The molecule has 0 aliphatic rings. The Labute approximate surface area is 91.0 Å². The van der Waals surface area contributed by atoms with Gasteiger partial charge in [-0.15, -0.1) is 11.3 Å². The fraction of sp³-hybridized carbons (Fsp3) is 0.0909. The van der Waals surface area contributed by atoms with Crippen LogP contribution < -0.4 is 0 Å². The van der Waals surface area contributed by atoms with Gasteiger partial charge < -0.3 is 4.57 Å². The van der Waals surface area contributed by atoms with Gasteiger partial charge >= 0.3 is 0 Å².